The van der Waals surface area contributed by atoms with Gasteiger partial charge >= 0.3 is 0 Å². The average Bonchev–Trinajstić information content (AvgIpc) is 2.89. The van der Waals surface area contributed by atoms with E-state index in [0.29, 0.717) is 17.9 Å². The first-order valence-electron chi connectivity index (χ1n) is 7.79. The SMILES string of the molecule is C=CCn1nc2nc(SC)n(-c3cccc(CN(C)C)n3)cc-2c1=O.Cl. The quantitative estimate of drug-likeness (QED) is 0.364. The predicted octanol–water partition coefficient (Wildman–Crippen LogP) is 2.32. The molecule has 0 bridgehead atoms. The minimum absolute atomic E-state index is 0. The lowest BCUT2D eigenvalue weighted by Crippen LogP contribution is -2.16. The molecule has 0 aromatic carbocycles. The highest BCUT2D eigenvalue weighted by molar-refractivity contribution is 7.98. The number of allylic oxidation sites excluding steroid dienone is 1. The summed E-state index contributed by atoms with van der Waals surface area (Å²) in [7, 11) is 4.00. The van der Waals surface area contributed by atoms with Crippen molar-refractivity contribution in [2.24, 2.45) is 0 Å². The normalized spacial score (nSPS) is 10.9. The molecule has 2 aliphatic rings. The molecule has 0 N–H and O–H groups in total. The number of rotatable bonds is 6. The highest BCUT2D eigenvalue weighted by Crippen LogP contribution is 2.23. The van der Waals surface area contributed by atoms with E-state index >= 15 is 0 Å². The van der Waals surface area contributed by atoms with Crippen molar-refractivity contribution in [2.75, 3.05) is 20.4 Å². The fourth-order valence-electron chi connectivity index (χ4n) is 2.54. The fourth-order valence-corrected chi connectivity index (χ4v) is 3.06. The number of hydrogen-bond acceptors (Lipinski definition) is 6. The lowest BCUT2D eigenvalue weighted by molar-refractivity contribution is 0.396. The van der Waals surface area contributed by atoms with Gasteiger partial charge in [0.15, 0.2) is 11.0 Å². The van der Waals surface area contributed by atoms with Crippen LogP contribution in [0.1, 0.15) is 5.69 Å². The van der Waals surface area contributed by atoms with Gasteiger partial charge in [-0.15, -0.1) is 24.1 Å². The zero-order valence-corrected chi connectivity index (χ0v) is 16.5. The van der Waals surface area contributed by atoms with Gasteiger partial charge < -0.3 is 4.90 Å². The third-order valence-electron chi connectivity index (χ3n) is 3.59. The Bertz CT molecular complexity index is 935. The van der Waals surface area contributed by atoms with Crippen molar-refractivity contribution in [1.82, 2.24) is 29.2 Å². The average molecular weight is 393 g/mol. The zero-order valence-electron chi connectivity index (χ0n) is 14.9. The van der Waals surface area contributed by atoms with Gasteiger partial charge in [-0.3, -0.25) is 9.36 Å². The zero-order chi connectivity index (χ0) is 18.0. The molecule has 7 nitrogen and oxygen atoms in total. The van der Waals surface area contributed by atoms with Gasteiger partial charge in [-0.05, 0) is 32.5 Å². The Morgan fingerprint density at radius 2 is 2.08 bits per heavy atom. The van der Waals surface area contributed by atoms with Crippen LogP contribution in [-0.4, -0.2) is 49.6 Å². The van der Waals surface area contributed by atoms with Crippen LogP contribution in [0.25, 0.3) is 17.2 Å². The second-order valence-corrected chi connectivity index (χ2v) is 6.61. The van der Waals surface area contributed by atoms with E-state index < -0.39 is 0 Å². The minimum Gasteiger partial charge on any atom is -0.304 e. The van der Waals surface area contributed by atoms with Gasteiger partial charge in [0.25, 0.3) is 5.56 Å². The highest BCUT2D eigenvalue weighted by atomic mass is 35.5. The molecule has 0 spiro atoms. The van der Waals surface area contributed by atoms with Crippen LogP contribution >= 0.6 is 24.2 Å². The lowest BCUT2D eigenvalue weighted by atomic mass is 10.3. The van der Waals surface area contributed by atoms with Crippen LogP contribution in [0.2, 0.25) is 0 Å². The maximum atomic E-state index is 12.5. The lowest BCUT2D eigenvalue weighted by Gasteiger charge is -2.14. The molecule has 0 aliphatic carbocycles. The van der Waals surface area contributed by atoms with Crippen molar-refractivity contribution in [3.63, 3.8) is 0 Å². The van der Waals surface area contributed by atoms with Crippen LogP contribution < -0.4 is 5.56 Å². The monoisotopic (exact) mass is 392 g/mol. The van der Waals surface area contributed by atoms with E-state index in [4.69, 9.17) is 4.98 Å². The molecular weight excluding hydrogens is 372 g/mol. The molecule has 138 valence electrons. The molecule has 3 rings (SSSR count). The summed E-state index contributed by atoms with van der Waals surface area (Å²) in [5.74, 6) is 1.17. The van der Waals surface area contributed by atoms with Gasteiger partial charge in [-0.25, -0.2) is 14.6 Å². The Balaban J connectivity index is 0.00000243. The van der Waals surface area contributed by atoms with Crippen molar-refractivity contribution in [3.8, 4) is 17.2 Å². The maximum absolute atomic E-state index is 12.5. The van der Waals surface area contributed by atoms with Gasteiger partial charge in [0.1, 0.15) is 11.4 Å². The molecule has 3 heterocycles. The molecule has 0 amide bonds. The molecule has 0 fully saturated rings. The predicted molar refractivity (Wildman–Crippen MR) is 107 cm³/mol. The summed E-state index contributed by atoms with van der Waals surface area (Å²) in [6, 6.07) is 5.85. The van der Waals surface area contributed by atoms with E-state index in [2.05, 4.69) is 21.6 Å². The van der Waals surface area contributed by atoms with E-state index in [1.165, 1.54) is 16.4 Å². The summed E-state index contributed by atoms with van der Waals surface area (Å²) < 4.78 is 3.21. The summed E-state index contributed by atoms with van der Waals surface area (Å²) in [4.78, 5) is 23.8. The first-order valence-corrected chi connectivity index (χ1v) is 9.02. The molecule has 2 aliphatic heterocycles. The Kier molecular flexibility index (Phi) is 6.57. The Hall–Kier alpha value is -2.16. The van der Waals surface area contributed by atoms with Crippen LogP contribution in [0.15, 0.2) is 47.0 Å². The highest BCUT2D eigenvalue weighted by Gasteiger charge is 2.19. The maximum Gasteiger partial charge on any atom is 0.279 e. The topological polar surface area (TPSA) is 68.8 Å². The standard InChI is InChI=1S/C17H20N6OS.ClH/c1-5-9-23-16(24)13-11-22(17(25-4)19-15(13)20-23)14-8-6-7-12(18-14)10-21(2)3;/h5-8,11H,1,9-10H2,2-4H3;1H. The Labute approximate surface area is 162 Å². The van der Waals surface area contributed by atoms with Crippen molar-refractivity contribution in [2.45, 2.75) is 18.2 Å². The van der Waals surface area contributed by atoms with Crippen LogP contribution in [0.5, 0.6) is 0 Å². The summed E-state index contributed by atoms with van der Waals surface area (Å²) in [5.41, 5.74) is 1.25. The summed E-state index contributed by atoms with van der Waals surface area (Å²) >= 11 is 1.48. The van der Waals surface area contributed by atoms with Gasteiger partial charge in [-0.1, -0.05) is 23.9 Å². The molecule has 1 aromatic rings. The van der Waals surface area contributed by atoms with Crippen molar-refractivity contribution < 1.29 is 0 Å². The molecule has 0 saturated carbocycles. The van der Waals surface area contributed by atoms with E-state index in [1.807, 2.05) is 43.1 Å². The number of hydrogen-bond donors (Lipinski definition) is 0. The number of aromatic nitrogens is 5. The molecule has 0 saturated heterocycles. The summed E-state index contributed by atoms with van der Waals surface area (Å²) in [5, 5.41) is 5.00. The summed E-state index contributed by atoms with van der Waals surface area (Å²) in [6.07, 6.45) is 5.35. The van der Waals surface area contributed by atoms with Crippen LogP contribution in [-0.2, 0) is 13.1 Å². The van der Waals surface area contributed by atoms with E-state index in [1.54, 1.807) is 12.3 Å². The largest absolute Gasteiger partial charge is 0.304 e. The van der Waals surface area contributed by atoms with Crippen molar-refractivity contribution >= 4 is 24.2 Å². The third-order valence-corrected chi connectivity index (χ3v) is 4.24. The van der Waals surface area contributed by atoms with E-state index in [-0.39, 0.29) is 18.0 Å². The van der Waals surface area contributed by atoms with Crippen molar-refractivity contribution in [3.05, 3.63) is 53.1 Å². The Morgan fingerprint density at radius 1 is 1.31 bits per heavy atom. The second-order valence-electron chi connectivity index (χ2n) is 5.84. The second kappa shape index (κ2) is 8.48. The molecular formula is C17H21ClN6OS. The van der Waals surface area contributed by atoms with Gasteiger partial charge in [0.2, 0.25) is 0 Å². The van der Waals surface area contributed by atoms with Crippen LogP contribution in [0.4, 0.5) is 0 Å². The number of pyridine rings is 1. The number of thioether (sulfide) groups is 1. The van der Waals surface area contributed by atoms with E-state index in [0.717, 1.165) is 23.2 Å². The number of nitrogens with zero attached hydrogens (tertiary/aromatic N) is 6. The minimum atomic E-state index is -0.173. The van der Waals surface area contributed by atoms with Crippen molar-refractivity contribution in [1.29, 1.82) is 0 Å². The van der Waals surface area contributed by atoms with E-state index in [9.17, 15) is 4.79 Å². The van der Waals surface area contributed by atoms with Gasteiger partial charge in [0, 0.05) is 12.7 Å². The van der Waals surface area contributed by atoms with Gasteiger partial charge in [-0.2, -0.15) is 0 Å². The van der Waals surface area contributed by atoms with Crippen LogP contribution in [0.3, 0.4) is 0 Å². The number of fused-ring (bicyclic) bond motifs is 1. The third kappa shape index (κ3) is 3.98. The van der Waals surface area contributed by atoms with Crippen LogP contribution in [0, 0.1) is 0 Å². The smallest absolute Gasteiger partial charge is 0.279 e. The van der Waals surface area contributed by atoms with Gasteiger partial charge in [0.05, 0.1) is 12.2 Å². The molecule has 26 heavy (non-hydrogen) atoms. The molecule has 0 unspecified atom stereocenters. The Morgan fingerprint density at radius 3 is 2.73 bits per heavy atom. The molecule has 1 aromatic heterocycles. The fraction of sp³-hybridized carbons (Fsp3) is 0.294. The molecule has 9 heteroatoms. The summed E-state index contributed by atoms with van der Waals surface area (Å²) in [6.45, 7) is 4.76. The number of halogens is 1. The molecule has 0 radical (unpaired) electrons. The first kappa shape index (κ1) is 20.2. The molecule has 0 atom stereocenters. The first-order chi connectivity index (χ1) is 12.0.